The highest BCUT2D eigenvalue weighted by atomic mass is 32.2. The van der Waals surface area contributed by atoms with E-state index in [1.54, 1.807) is 0 Å². The number of sulfone groups is 1. The molecule has 2 fully saturated rings. The number of piperidine rings is 1. The van der Waals surface area contributed by atoms with Gasteiger partial charge in [0.2, 0.25) is 11.8 Å². The number of carbonyl (C=O) groups is 2. The number of rotatable bonds is 5. The monoisotopic (exact) mass is 455 g/mol. The number of hydrogen-bond acceptors (Lipinski definition) is 5. The summed E-state index contributed by atoms with van der Waals surface area (Å²) in [4.78, 5) is 30.0. The van der Waals surface area contributed by atoms with E-state index in [1.165, 1.54) is 0 Å². The van der Waals surface area contributed by atoms with Gasteiger partial charge in [-0.05, 0) is 30.5 Å². The van der Waals surface area contributed by atoms with Crippen LogP contribution in [-0.4, -0.2) is 67.7 Å². The molecule has 0 spiro atoms. The van der Waals surface area contributed by atoms with E-state index in [2.05, 4.69) is 5.32 Å². The van der Waals surface area contributed by atoms with Crippen LogP contribution in [0.25, 0.3) is 0 Å². The van der Waals surface area contributed by atoms with Gasteiger partial charge in [0.1, 0.15) is 6.04 Å². The average molecular weight is 456 g/mol. The zero-order valence-corrected chi connectivity index (χ0v) is 18.8. The summed E-state index contributed by atoms with van der Waals surface area (Å²) in [6, 6.07) is 18.4. The van der Waals surface area contributed by atoms with Crippen molar-refractivity contribution in [2.45, 2.75) is 18.9 Å². The maximum Gasteiger partial charge on any atom is 0.244 e. The first-order chi connectivity index (χ1) is 15.4. The normalized spacial score (nSPS) is 20.4. The highest BCUT2D eigenvalue weighted by molar-refractivity contribution is 7.91. The first-order valence-electron chi connectivity index (χ1n) is 11.1. The maximum atomic E-state index is 13.6. The number of amides is 2. The molecule has 0 radical (unpaired) electrons. The fourth-order valence-corrected chi connectivity index (χ4v) is 5.66. The first-order valence-corrected chi connectivity index (χ1v) is 12.9. The van der Waals surface area contributed by atoms with Gasteiger partial charge in [-0.3, -0.25) is 14.5 Å². The highest BCUT2D eigenvalue weighted by Gasteiger charge is 2.36. The van der Waals surface area contributed by atoms with E-state index < -0.39 is 15.9 Å². The van der Waals surface area contributed by atoms with E-state index in [1.807, 2.05) is 70.5 Å². The van der Waals surface area contributed by atoms with E-state index >= 15 is 0 Å². The van der Waals surface area contributed by atoms with Crippen molar-refractivity contribution in [3.05, 3.63) is 66.2 Å². The molecule has 2 saturated heterocycles. The lowest BCUT2D eigenvalue weighted by Crippen LogP contribution is -2.50. The minimum atomic E-state index is -3.04. The molecule has 0 aliphatic carbocycles. The van der Waals surface area contributed by atoms with Crippen LogP contribution in [0.2, 0.25) is 0 Å². The molecular weight excluding hydrogens is 426 g/mol. The van der Waals surface area contributed by atoms with Gasteiger partial charge in [-0.1, -0.05) is 48.5 Å². The van der Waals surface area contributed by atoms with Gasteiger partial charge in [0, 0.05) is 37.8 Å². The number of anilines is 1. The Morgan fingerprint density at radius 1 is 0.844 bits per heavy atom. The number of benzene rings is 2. The van der Waals surface area contributed by atoms with E-state index in [-0.39, 0.29) is 29.2 Å². The van der Waals surface area contributed by atoms with Gasteiger partial charge in [0.25, 0.3) is 0 Å². The molecule has 0 bridgehead atoms. The lowest BCUT2D eigenvalue weighted by atomic mass is 9.94. The van der Waals surface area contributed by atoms with Crippen molar-refractivity contribution in [1.29, 1.82) is 0 Å². The third-order valence-electron chi connectivity index (χ3n) is 6.31. The van der Waals surface area contributed by atoms with Gasteiger partial charge >= 0.3 is 0 Å². The van der Waals surface area contributed by atoms with Crippen LogP contribution in [0.1, 0.15) is 24.4 Å². The van der Waals surface area contributed by atoms with Crippen molar-refractivity contribution >= 4 is 27.3 Å². The second-order valence-electron chi connectivity index (χ2n) is 8.46. The lowest BCUT2D eigenvalue weighted by Gasteiger charge is -2.39. The standard InChI is InChI=1S/C24H29N3O4S/c28-23(25-21-9-5-2-6-10-21)20-11-13-27(14-12-20)24(29)22(19-7-3-1-4-8-19)26-15-17-32(30,31)18-16-26/h1-10,20,22H,11-18H2,(H,25,28). The van der Waals surface area contributed by atoms with E-state index in [0.717, 1.165) is 11.3 Å². The topological polar surface area (TPSA) is 86.8 Å². The number of para-hydroxylation sites is 1. The Morgan fingerprint density at radius 3 is 2.00 bits per heavy atom. The molecule has 0 aromatic heterocycles. The molecule has 1 atom stereocenters. The Bertz CT molecular complexity index is 1020. The lowest BCUT2D eigenvalue weighted by molar-refractivity contribution is -0.140. The van der Waals surface area contributed by atoms with Gasteiger partial charge in [0.15, 0.2) is 9.84 Å². The number of carbonyl (C=O) groups excluding carboxylic acids is 2. The summed E-state index contributed by atoms with van der Waals surface area (Å²) in [6.07, 6.45) is 1.22. The predicted molar refractivity (Wildman–Crippen MR) is 124 cm³/mol. The molecule has 1 N–H and O–H groups in total. The molecule has 2 aromatic rings. The van der Waals surface area contributed by atoms with E-state index in [4.69, 9.17) is 0 Å². The number of likely N-dealkylation sites (tertiary alicyclic amines) is 1. The second kappa shape index (κ2) is 9.83. The summed E-state index contributed by atoms with van der Waals surface area (Å²) < 4.78 is 23.8. The fourth-order valence-electron chi connectivity index (χ4n) is 4.43. The summed E-state index contributed by atoms with van der Waals surface area (Å²) in [7, 11) is -3.04. The van der Waals surface area contributed by atoms with Gasteiger partial charge in [-0.2, -0.15) is 0 Å². The quantitative estimate of drug-likeness (QED) is 0.748. The van der Waals surface area contributed by atoms with Gasteiger partial charge in [-0.25, -0.2) is 8.42 Å². The third-order valence-corrected chi connectivity index (χ3v) is 7.92. The van der Waals surface area contributed by atoms with Crippen molar-refractivity contribution < 1.29 is 18.0 Å². The van der Waals surface area contributed by atoms with Crippen LogP contribution in [-0.2, 0) is 19.4 Å². The molecule has 1 unspecified atom stereocenters. The molecule has 2 aliphatic rings. The average Bonchev–Trinajstić information content (AvgIpc) is 2.81. The van der Waals surface area contributed by atoms with E-state index in [9.17, 15) is 18.0 Å². The number of nitrogens with zero attached hydrogens (tertiary/aromatic N) is 2. The van der Waals surface area contributed by atoms with Crippen LogP contribution in [0.5, 0.6) is 0 Å². The van der Waals surface area contributed by atoms with Crippen molar-refractivity contribution in [3.63, 3.8) is 0 Å². The summed E-state index contributed by atoms with van der Waals surface area (Å²) in [6.45, 7) is 1.73. The van der Waals surface area contributed by atoms with Crippen molar-refractivity contribution in [1.82, 2.24) is 9.80 Å². The zero-order chi connectivity index (χ0) is 22.6. The zero-order valence-electron chi connectivity index (χ0n) is 18.0. The van der Waals surface area contributed by atoms with Crippen LogP contribution in [0.3, 0.4) is 0 Å². The third kappa shape index (κ3) is 5.37. The fraction of sp³-hybridized carbons (Fsp3) is 0.417. The minimum absolute atomic E-state index is 0.0101. The molecule has 4 rings (SSSR count). The molecule has 8 heteroatoms. The van der Waals surface area contributed by atoms with Crippen LogP contribution >= 0.6 is 0 Å². The number of hydrogen-bond donors (Lipinski definition) is 1. The molecule has 2 aliphatic heterocycles. The maximum absolute atomic E-state index is 13.6. The smallest absolute Gasteiger partial charge is 0.244 e. The molecular formula is C24H29N3O4S. The predicted octanol–water partition coefficient (Wildman–Crippen LogP) is 2.34. The molecule has 7 nitrogen and oxygen atoms in total. The first kappa shape index (κ1) is 22.5. The second-order valence-corrected chi connectivity index (χ2v) is 10.8. The number of nitrogens with one attached hydrogen (secondary N) is 1. The van der Waals surface area contributed by atoms with E-state index in [0.29, 0.717) is 39.0 Å². The van der Waals surface area contributed by atoms with Gasteiger partial charge in [0.05, 0.1) is 11.5 Å². The van der Waals surface area contributed by atoms with Crippen LogP contribution < -0.4 is 5.32 Å². The Morgan fingerprint density at radius 2 is 1.41 bits per heavy atom. The van der Waals surface area contributed by atoms with Crippen molar-refractivity contribution in [2.24, 2.45) is 5.92 Å². The summed E-state index contributed by atoms with van der Waals surface area (Å²) in [5.74, 6) is -0.00687. The van der Waals surface area contributed by atoms with Crippen LogP contribution in [0.15, 0.2) is 60.7 Å². The van der Waals surface area contributed by atoms with Crippen LogP contribution in [0, 0.1) is 5.92 Å². The molecule has 170 valence electrons. The summed E-state index contributed by atoms with van der Waals surface area (Å²) in [5.41, 5.74) is 1.65. The Hall–Kier alpha value is -2.71. The Balaban J connectivity index is 1.41. The minimum Gasteiger partial charge on any atom is -0.341 e. The largest absolute Gasteiger partial charge is 0.341 e. The van der Waals surface area contributed by atoms with Gasteiger partial charge < -0.3 is 10.2 Å². The molecule has 2 aromatic carbocycles. The van der Waals surface area contributed by atoms with Crippen LogP contribution in [0.4, 0.5) is 5.69 Å². The van der Waals surface area contributed by atoms with Crippen molar-refractivity contribution in [2.75, 3.05) is 43.0 Å². The van der Waals surface area contributed by atoms with Gasteiger partial charge in [-0.15, -0.1) is 0 Å². The summed E-state index contributed by atoms with van der Waals surface area (Å²) in [5, 5.41) is 2.96. The Kier molecular flexibility index (Phi) is 6.91. The SMILES string of the molecule is O=C(Nc1ccccc1)C1CCN(C(=O)C(c2ccccc2)N2CCS(=O)(=O)CC2)CC1. The van der Waals surface area contributed by atoms with Crippen molar-refractivity contribution in [3.8, 4) is 0 Å². The molecule has 2 heterocycles. The molecule has 2 amide bonds. The summed E-state index contributed by atoms with van der Waals surface area (Å²) >= 11 is 0. The molecule has 0 saturated carbocycles. The Labute approximate surface area is 189 Å². The molecule has 32 heavy (non-hydrogen) atoms. The highest BCUT2D eigenvalue weighted by Crippen LogP contribution is 2.28.